The van der Waals surface area contributed by atoms with Crippen LogP contribution >= 0.6 is 35.7 Å². The Bertz CT molecular complexity index is 477. The summed E-state index contributed by atoms with van der Waals surface area (Å²) in [5, 5.41) is 16.5. The van der Waals surface area contributed by atoms with Crippen molar-refractivity contribution >= 4 is 41.7 Å². The van der Waals surface area contributed by atoms with Crippen LogP contribution in [0.4, 0.5) is 0 Å². The van der Waals surface area contributed by atoms with Crippen LogP contribution in [0.3, 0.4) is 0 Å². The zero-order chi connectivity index (χ0) is 19.0. The highest BCUT2D eigenvalue weighted by atomic mass is 127. The molecule has 6 nitrogen and oxygen atoms in total. The van der Waals surface area contributed by atoms with Gasteiger partial charge >= 0.3 is 0 Å². The van der Waals surface area contributed by atoms with Crippen molar-refractivity contribution in [3.05, 3.63) is 0 Å². The maximum Gasteiger partial charge on any atom is 0.191 e. The van der Waals surface area contributed by atoms with Crippen molar-refractivity contribution in [1.82, 2.24) is 15.5 Å². The molecule has 1 aliphatic carbocycles. The summed E-state index contributed by atoms with van der Waals surface area (Å²) in [5.41, 5.74) is 0.308. The highest BCUT2D eigenvalue weighted by Crippen LogP contribution is 2.36. The highest BCUT2D eigenvalue weighted by Gasteiger charge is 2.40. The van der Waals surface area contributed by atoms with Gasteiger partial charge in [0.2, 0.25) is 0 Å². The third-order valence-corrected chi connectivity index (χ3v) is 7.49. The van der Waals surface area contributed by atoms with E-state index in [2.05, 4.69) is 34.2 Å². The molecule has 1 atom stereocenters. The lowest BCUT2D eigenvalue weighted by Crippen LogP contribution is -2.57. The van der Waals surface area contributed by atoms with Crippen molar-refractivity contribution < 1.29 is 9.84 Å². The molecule has 0 amide bonds. The number of hydrogen-bond donors (Lipinski definition) is 3. The lowest BCUT2D eigenvalue weighted by atomic mass is 9.84. The van der Waals surface area contributed by atoms with Gasteiger partial charge in [-0.2, -0.15) is 11.8 Å². The van der Waals surface area contributed by atoms with Gasteiger partial charge in [-0.05, 0) is 32.6 Å². The number of aliphatic hydroxyl groups excluding tert-OH is 1. The molecule has 3 aliphatic rings. The van der Waals surface area contributed by atoms with Gasteiger partial charge in [-0.15, -0.1) is 24.0 Å². The van der Waals surface area contributed by atoms with E-state index in [1.54, 1.807) is 0 Å². The van der Waals surface area contributed by atoms with E-state index in [1.807, 2.05) is 0 Å². The summed E-state index contributed by atoms with van der Waals surface area (Å²) in [7, 11) is 0. The van der Waals surface area contributed by atoms with Gasteiger partial charge in [-0.3, -0.25) is 9.89 Å². The largest absolute Gasteiger partial charge is 0.396 e. The molecule has 0 aromatic carbocycles. The van der Waals surface area contributed by atoms with Gasteiger partial charge < -0.3 is 20.5 Å². The van der Waals surface area contributed by atoms with Crippen molar-refractivity contribution in [2.24, 2.45) is 10.4 Å². The van der Waals surface area contributed by atoms with Gasteiger partial charge in [-0.1, -0.05) is 12.8 Å². The first-order valence-electron chi connectivity index (χ1n) is 10.8. The monoisotopic (exact) mass is 526 g/mol. The predicted molar refractivity (Wildman–Crippen MR) is 129 cm³/mol. The number of nitrogens with zero attached hydrogens (tertiary/aromatic N) is 2. The van der Waals surface area contributed by atoms with Gasteiger partial charge in [0, 0.05) is 61.9 Å². The number of aliphatic imine (C=N–C) groups is 1. The van der Waals surface area contributed by atoms with E-state index in [1.165, 1.54) is 50.3 Å². The van der Waals surface area contributed by atoms with E-state index < -0.39 is 0 Å². The molecule has 0 bridgehead atoms. The molecule has 3 N–H and O–H groups in total. The van der Waals surface area contributed by atoms with Crippen molar-refractivity contribution in [3.63, 3.8) is 0 Å². The van der Waals surface area contributed by atoms with Gasteiger partial charge in [0.15, 0.2) is 5.96 Å². The lowest BCUT2D eigenvalue weighted by molar-refractivity contribution is 0.107. The van der Waals surface area contributed by atoms with Crippen LogP contribution in [0.25, 0.3) is 0 Å². The number of guanidine groups is 1. The maximum atomic E-state index is 9.44. The smallest absolute Gasteiger partial charge is 0.191 e. The SMILES string of the molecule is CCNC(=NCC1(CCO)CCOC1)NCC1(N2CCSCC2)CCCC1.I. The molecule has 164 valence electrons. The minimum absolute atomic E-state index is 0. The quantitative estimate of drug-likeness (QED) is 0.256. The second-order valence-electron chi connectivity index (χ2n) is 8.36. The Morgan fingerprint density at radius 1 is 1.18 bits per heavy atom. The molecule has 0 aromatic heterocycles. The van der Waals surface area contributed by atoms with Gasteiger partial charge in [-0.25, -0.2) is 0 Å². The van der Waals surface area contributed by atoms with Crippen LogP contribution in [0, 0.1) is 5.41 Å². The fourth-order valence-corrected chi connectivity index (χ4v) is 5.70. The Balaban J connectivity index is 0.00000280. The number of ether oxygens (including phenoxy) is 1. The van der Waals surface area contributed by atoms with E-state index in [9.17, 15) is 5.11 Å². The summed E-state index contributed by atoms with van der Waals surface area (Å²) in [6, 6.07) is 0. The topological polar surface area (TPSA) is 69.1 Å². The lowest BCUT2D eigenvalue weighted by Gasteiger charge is -2.43. The number of thioether (sulfide) groups is 1. The number of hydrogen-bond acceptors (Lipinski definition) is 5. The van der Waals surface area contributed by atoms with Crippen LogP contribution in [0.5, 0.6) is 0 Å². The van der Waals surface area contributed by atoms with E-state index in [0.717, 1.165) is 45.0 Å². The minimum atomic E-state index is 0. The van der Waals surface area contributed by atoms with Crippen LogP contribution in [0.1, 0.15) is 45.4 Å². The molecule has 2 aliphatic heterocycles. The molecule has 0 aromatic rings. The first kappa shape index (κ1) is 24.5. The first-order valence-corrected chi connectivity index (χ1v) is 11.9. The van der Waals surface area contributed by atoms with Gasteiger partial charge in [0.05, 0.1) is 13.2 Å². The molecule has 28 heavy (non-hydrogen) atoms. The molecule has 8 heteroatoms. The third-order valence-electron chi connectivity index (χ3n) is 6.54. The minimum Gasteiger partial charge on any atom is -0.396 e. The summed E-state index contributed by atoms with van der Waals surface area (Å²) in [6.07, 6.45) is 7.04. The first-order chi connectivity index (χ1) is 13.2. The van der Waals surface area contributed by atoms with E-state index in [0.29, 0.717) is 12.1 Å². The van der Waals surface area contributed by atoms with Crippen molar-refractivity contribution in [2.45, 2.75) is 51.0 Å². The molecular weight excluding hydrogens is 487 g/mol. The van der Waals surface area contributed by atoms with Gasteiger partial charge in [0.1, 0.15) is 0 Å². The normalized spacial score (nSPS) is 28.1. The molecule has 1 saturated carbocycles. The molecule has 2 heterocycles. The average Bonchev–Trinajstić information content (AvgIpc) is 3.36. The van der Waals surface area contributed by atoms with E-state index in [-0.39, 0.29) is 36.0 Å². The standard InChI is InChI=1S/C20H38N4O2S.HI/c1-2-21-18(22-15-19(7-11-25)8-12-26-17-19)23-16-20(5-3-4-6-20)24-9-13-27-14-10-24;/h25H,2-17H2,1H3,(H2,21,22,23);1H. The highest BCUT2D eigenvalue weighted by molar-refractivity contribution is 14.0. The molecule has 3 rings (SSSR count). The Kier molecular flexibility index (Phi) is 10.7. The zero-order valence-electron chi connectivity index (χ0n) is 17.4. The third kappa shape index (κ3) is 6.36. The summed E-state index contributed by atoms with van der Waals surface area (Å²) in [6.45, 7) is 8.83. The van der Waals surface area contributed by atoms with Crippen molar-refractivity contribution in [1.29, 1.82) is 0 Å². The molecule has 0 spiro atoms. The number of rotatable bonds is 8. The summed E-state index contributed by atoms with van der Waals surface area (Å²) < 4.78 is 5.61. The number of nitrogens with one attached hydrogen (secondary N) is 2. The summed E-state index contributed by atoms with van der Waals surface area (Å²) in [5.74, 6) is 3.44. The molecule has 0 radical (unpaired) electrons. The fourth-order valence-electron chi connectivity index (χ4n) is 4.80. The Morgan fingerprint density at radius 3 is 2.54 bits per heavy atom. The van der Waals surface area contributed by atoms with E-state index in [4.69, 9.17) is 9.73 Å². The zero-order valence-corrected chi connectivity index (χ0v) is 20.5. The summed E-state index contributed by atoms with van der Waals surface area (Å²) >= 11 is 2.08. The van der Waals surface area contributed by atoms with Crippen LogP contribution in [0.15, 0.2) is 4.99 Å². The number of halogens is 1. The fraction of sp³-hybridized carbons (Fsp3) is 0.950. The maximum absolute atomic E-state index is 9.44. The molecule has 1 unspecified atom stereocenters. The molecule has 3 fully saturated rings. The molecule has 2 saturated heterocycles. The average molecular weight is 527 g/mol. The van der Waals surface area contributed by atoms with Crippen molar-refractivity contribution in [2.75, 3.05) is 64.1 Å². The van der Waals surface area contributed by atoms with Gasteiger partial charge in [0.25, 0.3) is 0 Å². The van der Waals surface area contributed by atoms with Crippen LogP contribution in [0.2, 0.25) is 0 Å². The van der Waals surface area contributed by atoms with E-state index >= 15 is 0 Å². The number of aliphatic hydroxyl groups is 1. The van der Waals surface area contributed by atoms with Crippen LogP contribution < -0.4 is 10.6 Å². The second kappa shape index (κ2) is 12.2. The summed E-state index contributed by atoms with van der Waals surface area (Å²) in [4.78, 5) is 7.65. The Hall–Kier alpha value is 0.230. The molecular formula is C20H39IN4O2S. The Labute approximate surface area is 192 Å². The van der Waals surface area contributed by atoms with Crippen LogP contribution in [-0.2, 0) is 4.74 Å². The van der Waals surface area contributed by atoms with Crippen LogP contribution in [-0.4, -0.2) is 85.6 Å². The van der Waals surface area contributed by atoms with Crippen molar-refractivity contribution in [3.8, 4) is 0 Å². The Morgan fingerprint density at radius 2 is 1.93 bits per heavy atom. The predicted octanol–water partition coefficient (Wildman–Crippen LogP) is 2.31. The second-order valence-corrected chi connectivity index (χ2v) is 9.58.